The van der Waals surface area contributed by atoms with Crippen molar-refractivity contribution in [1.29, 1.82) is 0 Å². The van der Waals surface area contributed by atoms with Gasteiger partial charge in [0.05, 0.1) is 0 Å². The summed E-state index contributed by atoms with van der Waals surface area (Å²) >= 11 is 12.5. The molecule has 1 heterocycles. The normalized spacial score (nSPS) is 23.7. The summed E-state index contributed by atoms with van der Waals surface area (Å²) in [6, 6.07) is 12.4. The Morgan fingerprint density at radius 1 is 1.05 bits per heavy atom. The predicted molar refractivity (Wildman–Crippen MR) is 89.3 cm³/mol. The van der Waals surface area contributed by atoms with E-state index in [1.165, 1.54) is 29.5 Å². The molecule has 2 aromatic carbocycles. The molecule has 2 atom stereocenters. The van der Waals surface area contributed by atoms with Crippen LogP contribution >= 0.6 is 23.2 Å². The summed E-state index contributed by atoms with van der Waals surface area (Å²) in [6.45, 7) is 2.25. The molecule has 1 N–H and O–H groups in total. The first-order valence-corrected chi connectivity index (χ1v) is 8.27. The molecule has 0 unspecified atom stereocenters. The maximum Gasteiger partial charge on any atom is 0.0499 e. The van der Waals surface area contributed by atoms with Gasteiger partial charge in [0.15, 0.2) is 0 Å². The van der Waals surface area contributed by atoms with Gasteiger partial charge in [0.2, 0.25) is 0 Å². The van der Waals surface area contributed by atoms with Crippen LogP contribution in [-0.2, 0) is 6.42 Å². The zero-order valence-electron chi connectivity index (χ0n) is 11.7. The van der Waals surface area contributed by atoms with E-state index in [1.807, 2.05) is 18.2 Å². The summed E-state index contributed by atoms with van der Waals surface area (Å²) in [7, 11) is 0. The van der Waals surface area contributed by atoms with Gasteiger partial charge in [-0.25, -0.2) is 0 Å². The van der Waals surface area contributed by atoms with Crippen molar-refractivity contribution in [2.75, 3.05) is 13.1 Å². The van der Waals surface area contributed by atoms with Crippen LogP contribution in [0.5, 0.6) is 0 Å². The van der Waals surface area contributed by atoms with Gasteiger partial charge < -0.3 is 5.32 Å². The second-order valence-corrected chi connectivity index (χ2v) is 6.90. The molecule has 1 nitrogen and oxygen atoms in total. The zero-order valence-corrected chi connectivity index (χ0v) is 13.2. The monoisotopic (exact) mass is 317 g/mol. The van der Waals surface area contributed by atoms with Crippen LogP contribution in [0.3, 0.4) is 0 Å². The molecule has 0 saturated carbocycles. The van der Waals surface area contributed by atoms with Gasteiger partial charge in [-0.05, 0) is 60.0 Å². The molecule has 1 aliphatic carbocycles. The van der Waals surface area contributed by atoms with Crippen molar-refractivity contribution >= 4 is 23.2 Å². The lowest BCUT2D eigenvalue weighted by Gasteiger charge is -2.26. The molecule has 0 amide bonds. The van der Waals surface area contributed by atoms with Gasteiger partial charge >= 0.3 is 0 Å². The third-order valence-corrected chi connectivity index (χ3v) is 5.47. The molecule has 0 spiro atoms. The van der Waals surface area contributed by atoms with Crippen LogP contribution < -0.4 is 5.32 Å². The maximum atomic E-state index is 6.42. The highest BCUT2D eigenvalue weighted by molar-refractivity contribution is 6.36. The van der Waals surface area contributed by atoms with Crippen molar-refractivity contribution in [2.24, 2.45) is 5.92 Å². The molecule has 0 aromatic heterocycles. The number of fused-ring (bicyclic) bond motifs is 3. The second kappa shape index (κ2) is 5.31. The lowest BCUT2D eigenvalue weighted by molar-refractivity contribution is 0.347. The summed E-state index contributed by atoms with van der Waals surface area (Å²) in [4.78, 5) is 0. The van der Waals surface area contributed by atoms with E-state index in [9.17, 15) is 0 Å². The third kappa shape index (κ3) is 2.28. The largest absolute Gasteiger partial charge is 0.316 e. The van der Waals surface area contributed by atoms with Gasteiger partial charge in [-0.3, -0.25) is 0 Å². The molecule has 0 bridgehead atoms. The van der Waals surface area contributed by atoms with Crippen LogP contribution in [0.4, 0.5) is 0 Å². The smallest absolute Gasteiger partial charge is 0.0499 e. The fourth-order valence-corrected chi connectivity index (χ4v) is 4.43. The van der Waals surface area contributed by atoms with Gasteiger partial charge in [-0.15, -0.1) is 0 Å². The molecule has 21 heavy (non-hydrogen) atoms. The first-order valence-electron chi connectivity index (χ1n) is 7.52. The average molecular weight is 318 g/mol. The lowest BCUT2D eigenvalue weighted by Crippen LogP contribution is -2.32. The molecule has 3 heteroatoms. The Bertz CT molecular complexity index is 696. The van der Waals surface area contributed by atoms with Crippen LogP contribution in [-0.4, -0.2) is 13.1 Å². The summed E-state index contributed by atoms with van der Waals surface area (Å²) in [5.74, 6) is 1.45. The first-order chi connectivity index (χ1) is 10.2. The molecule has 0 radical (unpaired) electrons. The Labute approximate surface area is 135 Å². The highest BCUT2D eigenvalue weighted by Crippen LogP contribution is 2.45. The van der Waals surface area contributed by atoms with Gasteiger partial charge in [0, 0.05) is 22.2 Å². The summed E-state index contributed by atoms with van der Waals surface area (Å²) in [5, 5.41) is 4.96. The Balaban J connectivity index is 1.84. The fourth-order valence-electron chi connectivity index (χ4n) is 3.92. The van der Waals surface area contributed by atoms with Gasteiger partial charge in [0.1, 0.15) is 0 Å². The van der Waals surface area contributed by atoms with Crippen LogP contribution in [0.25, 0.3) is 11.1 Å². The average Bonchev–Trinajstić information content (AvgIpc) is 2.86. The first kappa shape index (κ1) is 13.6. The number of hydrogen-bond donors (Lipinski definition) is 1. The molecule has 2 aliphatic rings. The van der Waals surface area contributed by atoms with Crippen LogP contribution in [0.15, 0.2) is 36.4 Å². The van der Waals surface area contributed by atoms with E-state index in [4.69, 9.17) is 23.2 Å². The fraction of sp³-hybridized carbons (Fsp3) is 0.333. The molecule has 2 aromatic rings. The van der Waals surface area contributed by atoms with Crippen molar-refractivity contribution in [3.63, 3.8) is 0 Å². The minimum Gasteiger partial charge on any atom is -0.316 e. The Hall–Kier alpha value is -1.02. The third-order valence-electron chi connectivity index (χ3n) is 4.92. The maximum absolute atomic E-state index is 6.42. The number of benzene rings is 2. The highest BCUT2D eigenvalue weighted by Gasteiger charge is 2.35. The van der Waals surface area contributed by atoms with Crippen LogP contribution in [0.2, 0.25) is 10.0 Å². The zero-order chi connectivity index (χ0) is 14.4. The van der Waals surface area contributed by atoms with Crippen molar-refractivity contribution in [3.05, 3.63) is 57.6 Å². The molecule has 1 aliphatic heterocycles. The van der Waals surface area contributed by atoms with E-state index in [1.54, 1.807) is 0 Å². The molecule has 1 saturated heterocycles. The summed E-state index contributed by atoms with van der Waals surface area (Å²) in [6.07, 6.45) is 2.45. The summed E-state index contributed by atoms with van der Waals surface area (Å²) < 4.78 is 0. The van der Waals surface area contributed by atoms with Crippen molar-refractivity contribution in [2.45, 2.75) is 18.8 Å². The van der Waals surface area contributed by atoms with Gasteiger partial charge in [-0.1, -0.05) is 47.5 Å². The van der Waals surface area contributed by atoms with E-state index in [-0.39, 0.29) is 0 Å². The Kier molecular flexibility index (Phi) is 3.45. The number of nitrogens with one attached hydrogen (secondary N) is 1. The number of hydrogen-bond acceptors (Lipinski definition) is 1. The van der Waals surface area contributed by atoms with E-state index in [0.717, 1.165) is 29.6 Å². The van der Waals surface area contributed by atoms with E-state index in [2.05, 4.69) is 23.5 Å². The lowest BCUT2D eigenvalue weighted by atomic mass is 9.87. The Morgan fingerprint density at radius 2 is 1.95 bits per heavy atom. The number of halogens is 2. The summed E-state index contributed by atoms with van der Waals surface area (Å²) in [5.41, 5.74) is 5.38. The minimum atomic E-state index is 0.666. The molecule has 108 valence electrons. The molecule has 4 rings (SSSR count). The van der Waals surface area contributed by atoms with Crippen LogP contribution in [0.1, 0.15) is 23.5 Å². The molecular weight excluding hydrogens is 301 g/mol. The van der Waals surface area contributed by atoms with E-state index < -0.39 is 0 Å². The second-order valence-electron chi connectivity index (χ2n) is 6.06. The standard InChI is InChI=1S/C18H17Cl2N/c19-12-4-5-15(18(20)9-12)13-2-1-3-14-16(13)8-11-6-7-21-10-17(11)14/h1-5,9,11,17,21H,6-8,10H2/t11-,17-/m0/s1. The minimum absolute atomic E-state index is 0.666. The van der Waals surface area contributed by atoms with Crippen molar-refractivity contribution in [1.82, 2.24) is 5.32 Å². The van der Waals surface area contributed by atoms with E-state index >= 15 is 0 Å². The Morgan fingerprint density at radius 3 is 2.81 bits per heavy atom. The van der Waals surface area contributed by atoms with Gasteiger partial charge in [-0.2, -0.15) is 0 Å². The number of rotatable bonds is 1. The topological polar surface area (TPSA) is 12.0 Å². The van der Waals surface area contributed by atoms with Crippen molar-refractivity contribution < 1.29 is 0 Å². The van der Waals surface area contributed by atoms with Crippen molar-refractivity contribution in [3.8, 4) is 11.1 Å². The van der Waals surface area contributed by atoms with Gasteiger partial charge in [0.25, 0.3) is 0 Å². The number of piperidine rings is 1. The quantitative estimate of drug-likeness (QED) is 0.788. The predicted octanol–water partition coefficient (Wildman–Crippen LogP) is 4.91. The SMILES string of the molecule is Clc1ccc(-c2cccc3c2C[C@@H]2CCNC[C@H]32)c(Cl)c1. The molecular formula is C18H17Cl2N. The van der Waals surface area contributed by atoms with E-state index in [0.29, 0.717) is 10.9 Å². The van der Waals surface area contributed by atoms with Crippen LogP contribution in [0, 0.1) is 5.92 Å². The molecule has 1 fully saturated rings. The highest BCUT2D eigenvalue weighted by atomic mass is 35.5.